The number of methoxy groups -OCH3 is 1. The Bertz CT molecular complexity index is 1220. The zero-order valence-corrected chi connectivity index (χ0v) is 19.8. The van der Waals surface area contributed by atoms with Gasteiger partial charge in [-0.1, -0.05) is 53.5 Å². The Kier molecular flexibility index (Phi) is 7.79. The van der Waals surface area contributed by atoms with Crippen molar-refractivity contribution in [3.8, 4) is 5.75 Å². The summed E-state index contributed by atoms with van der Waals surface area (Å²) in [5.41, 5.74) is 1.72. The number of rotatable bonds is 8. The summed E-state index contributed by atoms with van der Waals surface area (Å²) in [6.45, 7) is 1.36. The number of aryl methyl sites for hydroxylation is 1. The van der Waals surface area contributed by atoms with Gasteiger partial charge in [0.2, 0.25) is 15.9 Å². The van der Waals surface area contributed by atoms with Crippen LogP contribution in [0, 0.1) is 6.92 Å². The van der Waals surface area contributed by atoms with Gasteiger partial charge in [0, 0.05) is 11.6 Å². The molecule has 32 heavy (non-hydrogen) atoms. The molecule has 0 bridgehead atoms. The Morgan fingerprint density at radius 2 is 1.75 bits per heavy atom. The number of anilines is 1. The van der Waals surface area contributed by atoms with Crippen LogP contribution in [0.2, 0.25) is 10.0 Å². The number of carbonyl (C=O) groups is 1. The quantitative estimate of drug-likeness (QED) is 0.472. The number of hydrogen-bond acceptors (Lipinski definition) is 4. The second-order valence-electron chi connectivity index (χ2n) is 7.06. The fourth-order valence-corrected chi connectivity index (χ4v) is 4.92. The normalized spacial score (nSPS) is 11.4. The number of nitrogens with zero attached hydrogens (tertiary/aromatic N) is 1. The molecule has 0 atom stereocenters. The van der Waals surface area contributed by atoms with Gasteiger partial charge in [0.05, 0.1) is 29.3 Å². The lowest BCUT2D eigenvalue weighted by atomic mass is 10.2. The lowest BCUT2D eigenvalue weighted by Gasteiger charge is -2.22. The van der Waals surface area contributed by atoms with Gasteiger partial charge >= 0.3 is 0 Å². The Hall–Kier alpha value is -2.58. The molecule has 3 aromatic rings. The fourth-order valence-electron chi connectivity index (χ4n) is 3.12. The van der Waals surface area contributed by atoms with E-state index in [1.165, 1.54) is 25.3 Å². The first-order valence-corrected chi connectivity index (χ1v) is 11.8. The second kappa shape index (κ2) is 10.4. The molecule has 6 nitrogen and oxygen atoms in total. The maximum absolute atomic E-state index is 13.5. The maximum atomic E-state index is 13.5. The Labute approximate surface area is 197 Å². The van der Waals surface area contributed by atoms with Gasteiger partial charge in [0.15, 0.2) is 0 Å². The van der Waals surface area contributed by atoms with Gasteiger partial charge in [-0.05, 0) is 54.4 Å². The first kappa shape index (κ1) is 24.1. The molecule has 0 fully saturated rings. The third-order valence-electron chi connectivity index (χ3n) is 4.73. The molecule has 1 amide bonds. The average molecular weight is 493 g/mol. The number of nitrogens with one attached hydrogen (secondary N) is 1. The fraction of sp³-hybridized carbons (Fsp3) is 0.174. The zero-order valence-electron chi connectivity index (χ0n) is 17.5. The molecular weight excluding hydrogens is 471 g/mol. The van der Waals surface area contributed by atoms with E-state index in [0.29, 0.717) is 27.0 Å². The second-order valence-corrected chi connectivity index (χ2v) is 9.84. The van der Waals surface area contributed by atoms with Crippen LogP contribution in [-0.2, 0) is 21.4 Å². The number of hydrogen-bond donors (Lipinski definition) is 1. The molecule has 3 aromatic carbocycles. The van der Waals surface area contributed by atoms with Crippen molar-refractivity contribution in [1.82, 2.24) is 4.31 Å². The van der Waals surface area contributed by atoms with E-state index in [1.54, 1.807) is 37.3 Å². The minimum Gasteiger partial charge on any atom is -0.496 e. The van der Waals surface area contributed by atoms with Crippen LogP contribution < -0.4 is 10.1 Å². The van der Waals surface area contributed by atoms with Crippen molar-refractivity contribution in [2.75, 3.05) is 19.0 Å². The SMILES string of the molecule is COc1ccc(S(=O)(=O)N(CC(=O)Nc2cc(Cl)ccc2Cl)Cc2ccccc2)cc1C. The Balaban J connectivity index is 1.91. The highest BCUT2D eigenvalue weighted by Gasteiger charge is 2.28. The summed E-state index contributed by atoms with van der Waals surface area (Å²) < 4.78 is 33.3. The van der Waals surface area contributed by atoms with Gasteiger partial charge in [0.1, 0.15) is 5.75 Å². The number of carbonyl (C=O) groups excluding carboxylic acids is 1. The summed E-state index contributed by atoms with van der Waals surface area (Å²) in [5, 5.41) is 3.33. The minimum atomic E-state index is -3.99. The topological polar surface area (TPSA) is 75.7 Å². The number of benzene rings is 3. The summed E-state index contributed by atoms with van der Waals surface area (Å²) in [5.74, 6) is 0.0332. The predicted molar refractivity (Wildman–Crippen MR) is 127 cm³/mol. The van der Waals surface area contributed by atoms with Crippen LogP contribution in [0.4, 0.5) is 5.69 Å². The lowest BCUT2D eigenvalue weighted by molar-refractivity contribution is -0.116. The molecule has 0 aliphatic carbocycles. The molecule has 0 heterocycles. The van der Waals surface area contributed by atoms with Crippen molar-refractivity contribution in [3.63, 3.8) is 0 Å². The smallest absolute Gasteiger partial charge is 0.243 e. The van der Waals surface area contributed by atoms with Crippen molar-refractivity contribution >= 4 is 44.8 Å². The number of sulfonamides is 1. The zero-order chi connectivity index (χ0) is 23.3. The van der Waals surface area contributed by atoms with Crippen LogP contribution >= 0.6 is 23.2 Å². The van der Waals surface area contributed by atoms with Crippen LogP contribution in [0.15, 0.2) is 71.6 Å². The number of amides is 1. The summed E-state index contributed by atoms with van der Waals surface area (Å²) in [4.78, 5) is 12.9. The van der Waals surface area contributed by atoms with E-state index in [4.69, 9.17) is 27.9 Å². The molecular formula is C23H22Cl2N2O4S. The van der Waals surface area contributed by atoms with Crippen molar-refractivity contribution in [1.29, 1.82) is 0 Å². The third kappa shape index (κ3) is 5.81. The molecule has 9 heteroatoms. The largest absolute Gasteiger partial charge is 0.496 e. The van der Waals surface area contributed by atoms with E-state index in [1.807, 2.05) is 18.2 Å². The summed E-state index contributed by atoms with van der Waals surface area (Å²) in [6.07, 6.45) is 0. The van der Waals surface area contributed by atoms with Gasteiger partial charge in [-0.3, -0.25) is 4.79 Å². The first-order valence-electron chi connectivity index (χ1n) is 9.64. The van der Waals surface area contributed by atoms with Crippen molar-refractivity contribution in [2.24, 2.45) is 0 Å². The van der Waals surface area contributed by atoms with E-state index >= 15 is 0 Å². The van der Waals surface area contributed by atoms with Crippen LogP contribution in [0.5, 0.6) is 5.75 Å². The molecule has 3 rings (SSSR count). The molecule has 1 N–H and O–H groups in total. The van der Waals surface area contributed by atoms with Crippen molar-refractivity contribution in [2.45, 2.75) is 18.4 Å². The molecule has 0 radical (unpaired) electrons. The molecule has 0 spiro atoms. The molecule has 168 valence electrons. The lowest BCUT2D eigenvalue weighted by Crippen LogP contribution is -2.37. The van der Waals surface area contributed by atoms with Crippen molar-refractivity contribution < 1.29 is 17.9 Å². The van der Waals surface area contributed by atoms with Crippen LogP contribution in [0.1, 0.15) is 11.1 Å². The van der Waals surface area contributed by atoms with E-state index in [0.717, 1.165) is 9.87 Å². The van der Waals surface area contributed by atoms with Gasteiger partial charge in [-0.15, -0.1) is 0 Å². The Morgan fingerprint density at radius 3 is 2.41 bits per heavy atom. The summed E-state index contributed by atoms with van der Waals surface area (Å²) in [6, 6.07) is 18.3. The highest BCUT2D eigenvalue weighted by molar-refractivity contribution is 7.89. The Morgan fingerprint density at radius 1 is 1.03 bits per heavy atom. The highest BCUT2D eigenvalue weighted by atomic mass is 35.5. The van der Waals surface area contributed by atoms with Crippen molar-refractivity contribution in [3.05, 3.63) is 87.9 Å². The molecule has 0 unspecified atom stereocenters. The minimum absolute atomic E-state index is 0.0188. The van der Waals surface area contributed by atoms with Crippen LogP contribution in [-0.4, -0.2) is 32.3 Å². The molecule has 0 aliphatic heterocycles. The first-order chi connectivity index (χ1) is 15.2. The molecule has 0 saturated heterocycles. The van der Waals surface area contributed by atoms with E-state index in [-0.39, 0.29) is 11.4 Å². The van der Waals surface area contributed by atoms with Gasteiger partial charge in [-0.25, -0.2) is 8.42 Å². The van der Waals surface area contributed by atoms with Gasteiger partial charge < -0.3 is 10.1 Å². The molecule has 0 aromatic heterocycles. The molecule has 0 saturated carbocycles. The monoisotopic (exact) mass is 492 g/mol. The van der Waals surface area contributed by atoms with E-state index in [9.17, 15) is 13.2 Å². The summed E-state index contributed by atoms with van der Waals surface area (Å²) >= 11 is 12.1. The third-order valence-corrected chi connectivity index (χ3v) is 7.08. The summed E-state index contributed by atoms with van der Waals surface area (Å²) in [7, 11) is -2.48. The average Bonchev–Trinajstić information content (AvgIpc) is 2.76. The maximum Gasteiger partial charge on any atom is 0.243 e. The highest BCUT2D eigenvalue weighted by Crippen LogP contribution is 2.27. The van der Waals surface area contributed by atoms with Crippen LogP contribution in [0.3, 0.4) is 0 Å². The molecule has 0 aliphatic rings. The van der Waals surface area contributed by atoms with E-state index in [2.05, 4.69) is 5.32 Å². The standard InChI is InChI=1S/C23H22Cl2N2O4S/c1-16-12-19(9-11-22(16)31-2)32(29,30)27(14-17-6-4-3-5-7-17)15-23(28)26-21-13-18(24)8-10-20(21)25/h3-13H,14-15H2,1-2H3,(H,26,28). The number of halogens is 2. The van der Waals surface area contributed by atoms with Gasteiger partial charge in [-0.2, -0.15) is 4.31 Å². The van der Waals surface area contributed by atoms with E-state index < -0.39 is 22.5 Å². The van der Waals surface area contributed by atoms with Crippen LogP contribution in [0.25, 0.3) is 0 Å². The van der Waals surface area contributed by atoms with Gasteiger partial charge in [0.25, 0.3) is 0 Å². The predicted octanol–water partition coefficient (Wildman–Crippen LogP) is 5.14. The number of ether oxygens (including phenoxy) is 1.